The van der Waals surface area contributed by atoms with Crippen molar-refractivity contribution in [2.24, 2.45) is 0 Å². The van der Waals surface area contributed by atoms with Gasteiger partial charge in [0.1, 0.15) is 10.7 Å². The van der Waals surface area contributed by atoms with Crippen molar-refractivity contribution in [3.05, 3.63) is 29.6 Å². The number of halogens is 7. The maximum Gasteiger partial charge on any atom is 0.310 e. The van der Waals surface area contributed by atoms with Crippen LogP contribution in [-0.2, 0) is 0 Å². The topological polar surface area (TPSA) is 17.1 Å². The van der Waals surface area contributed by atoms with E-state index < -0.39 is 37.8 Å². The molecular weight excluding hydrogens is 282 g/mol. The molecule has 0 bridgehead atoms. The van der Waals surface area contributed by atoms with Gasteiger partial charge in [0.05, 0.1) is 5.56 Å². The van der Waals surface area contributed by atoms with Crippen LogP contribution in [0.15, 0.2) is 23.1 Å². The lowest BCUT2D eigenvalue weighted by molar-refractivity contribution is 0.107. The zero-order valence-electron chi connectivity index (χ0n) is 7.19. The summed E-state index contributed by atoms with van der Waals surface area (Å²) in [6.07, 6.45) is 0. The van der Waals surface area contributed by atoms with E-state index in [0.29, 0.717) is 0 Å². The molecule has 0 spiro atoms. The van der Waals surface area contributed by atoms with E-state index in [1.807, 2.05) is 0 Å². The lowest BCUT2D eigenvalue weighted by Gasteiger charge is -2.40. The van der Waals surface area contributed by atoms with E-state index in [9.17, 15) is 28.6 Å². The number of carbonyl (C=O) groups is 1. The normalized spacial score (nSPS) is 16.4. The molecule has 1 aromatic carbocycles. The average Bonchev–Trinajstić information content (AvgIpc) is 1.98. The highest BCUT2D eigenvalue weighted by molar-refractivity contribution is 8.45. The molecule has 0 amide bonds. The first-order chi connectivity index (χ1) is 6.81. The molecular formula is C7H3ClF6OS. The van der Waals surface area contributed by atoms with Gasteiger partial charge >= 0.3 is 10.2 Å². The number of rotatable bonds is 2. The summed E-state index contributed by atoms with van der Waals surface area (Å²) in [6, 6.07) is -0.269. The first-order valence-corrected chi connectivity index (χ1v) is 5.88. The van der Waals surface area contributed by atoms with Gasteiger partial charge in [-0.15, -0.1) is 0 Å². The quantitative estimate of drug-likeness (QED) is 0.560. The van der Waals surface area contributed by atoms with Crippen molar-refractivity contribution in [1.82, 2.24) is 0 Å². The lowest BCUT2D eigenvalue weighted by atomic mass is 10.2. The van der Waals surface area contributed by atoms with Crippen LogP contribution in [0.4, 0.5) is 23.8 Å². The molecule has 0 atom stereocenters. The van der Waals surface area contributed by atoms with Crippen LogP contribution in [0.2, 0.25) is 0 Å². The van der Waals surface area contributed by atoms with Gasteiger partial charge in [-0.05, 0) is 29.8 Å². The summed E-state index contributed by atoms with van der Waals surface area (Å²) < 4.78 is 73.7. The van der Waals surface area contributed by atoms with E-state index >= 15 is 0 Å². The van der Waals surface area contributed by atoms with E-state index in [1.54, 1.807) is 0 Å². The van der Waals surface area contributed by atoms with Crippen molar-refractivity contribution in [1.29, 1.82) is 0 Å². The van der Waals surface area contributed by atoms with Crippen LogP contribution in [-0.4, -0.2) is 5.24 Å². The predicted molar refractivity (Wildman–Crippen MR) is 48.0 cm³/mol. The Hall–Kier alpha value is -0.890. The molecule has 1 rings (SSSR count). The maximum atomic E-state index is 12.9. The molecule has 9 heteroatoms. The second-order valence-electron chi connectivity index (χ2n) is 2.88. The van der Waals surface area contributed by atoms with Crippen LogP contribution in [0, 0.1) is 5.82 Å². The Bertz CT molecular complexity index is 467. The van der Waals surface area contributed by atoms with Gasteiger partial charge in [0.25, 0.3) is 5.24 Å². The molecule has 0 saturated carbocycles. The molecule has 0 radical (unpaired) electrons. The van der Waals surface area contributed by atoms with Crippen LogP contribution in [0.3, 0.4) is 0 Å². The lowest BCUT2D eigenvalue weighted by Crippen LogP contribution is -2.07. The Kier molecular flexibility index (Phi) is 2.36. The van der Waals surface area contributed by atoms with Crippen molar-refractivity contribution in [2.45, 2.75) is 4.90 Å². The molecule has 92 valence electrons. The Morgan fingerprint density at radius 3 is 1.94 bits per heavy atom. The standard InChI is InChI=1S/C7H3ClF6OS/c8-7(15)5-2-1-4(3-6(5)9)16(10,11,12,13)14/h1-3H. The van der Waals surface area contributed by atoms with Crippen molar-refractivity contribution in [3.8, 4) is 0 Å². The third-order valence-corrected chi connectivity index (χ3v) is 2.95. The second-order valence-corrected chi connectivity index (χ2v) is 5.64. The highest BCUT2D eigenvalue weighted by Crippen LogP contribution is 3.02. The fraction of sp³-hybridized carbons (Fsp3) is 0. The average molecular weight is 285 g/mol. The molecule has 1 nitrogen and oxygen atoms in total. The molecule has 0 heterocycles. The van der Waals surface area contributed by atoms with Crippen LogP contribution in [0.1, 0.15) is 10.4 Å². The minimum Gasteiger partial charge on any atom is -0.275 e. The summed E-state index contributed by atoms with van der Waals surface area (Å²) in [4.78, 5) is 8.05. The summed E-state index contributed by atoms with van der Waals surface area (Å²) in [5.41, 5.74) is -0.896. The zero-order chi connectivity index (χ0) is 12.8. The zero-order valence-corrected chi connectivity index (χ0v) is 8.77. The number of benzene rings is 1. The van der Waals surface area contributed by atoms with E-state index in [0.717, 1.165) is 0 Å². The van der Waals surface area contributed by atoms with Gasteiger partial charge in [0.15, 0.2) is 0 Å². The minimum atomic E-state index is -9.92. The fourth-order valence-corrected chi connectivity index (χ4v) is 1.70. The van der Waals surface area contributed by atoms with E-state index in [-0.39, 0.29) is 12.1 Å². The summed E-state index contributed by atoms with van der Waals surface area (Å²) >= 11 is 4.81. The molecule has 0 aliphatic rings. The van der Waals surface area contributed by atoms with Crippen molar-refractivity contribution < 1.29 is 28.6 Å². The largest absolute Gasteiger partial charge is 0.310 e. The molecule has 0 aromatic heterocycles. The predicted octanol–water partition coefficient (Wildman–Crippen LogP) is 4.86. The monoisotopic (exact) mass is 284 g/mol. The van der Waals surface area contributed by atoms with Gasteiger partial charge in [-0.25, -0.2) is 4.39 Å². The molecule has 0 saturated heterocycles. The van der Waals surface area contributed by atoms with Crippen LogP contribution in [0.25, 0.3) is 0 Å². The Balaban J connectivity index is 3.45. The molecule has 0 unspecified atom stereocenters. The second kappa shape index (κ2) is 2.86. The van der Waals surface area contributed by atoms with Crippen molar-refractivity contribution >= 4 is 27.1 Å². The number of carbonyl (C=O) groups excluding carboxylic acids is 1. The van der Waals surface area contributed by atoms with E-state index in [2.05, 4.69) is 0 Å². The van der Waals surface area contributed by atoms with Crippen molar-refractivity contribution in [2.75, 3.05) is 0 Å². The van der Waals surface area contributed by atoms with Crippen molar-refractivity contribution in [3.63, 3.8) is 0 Å². The van der Waals surface area contributed by atoms with E-state index in [4.69, 9.17) is 11.6 Å². The third kappa shape index (κ3) is 2.82. The third-order valence-electron chi connectivity index (χ3n) is 1.60. The van der Waals surface area contributed by atoms with Crippen LogP contribution >= 0.6 is 21.8 Å². The summed E-state index contributed by atoms with van der Waals surface area (Å²) in [7, 11) is -9.92. The highest BCUT2D eigenvalue weighted by atomic mass is 35.5. The number of hydrogen-bond donors (Lipinski definition) is 0. The minimum absolute atomic E-state index is 0.0831. The van der Waals surface area contributed by atoms with E-state index in [1.165, 1.54) is 0 Å². The maximum absolute atomic E-state index is 12.9. The summed E-state index contributed by atoms with van der Waals surface area (Å²) in [6.45, 7) is 0. The molecule has 0 aliphatic carbocycles. The van der Waals surface area contributed by atoms with Gasteiger partial charge in [0.2, 0.25) is 0 Å². The first-order valence-electron chi connectivity index (χ1n) is 3.55. The molecule has 0 aliphatic heterocycles. The summed E-state index contributed by atoms with van der Waals surface area (Å²) in [5.74, 6) is -1.74. The molecule has 0 fully saturated rings. The molecule has 16 heavy (non-hydrogen) atoms. The summed E-state index contributed by atoms with van der Waals surface area (Å²) in [5, 5.41) is -1.37. The van der Waals surface area contributed by atoms with Gasteiger partial charge < -0.3 is 0 Å². The smallest absolute Gasteiger partial charge is 0.275 e. The van der Waals surface area contributed by atoms with Gasteiger partial charge in [-0.1, -0.05) is 19.4 Å². The Labute approximate surface area is 90.7 Å². The van der Waals surface area contributed by atoms with Gasteiger partial charge in [0, 0.05) is 0 Å². The van der Waals surface area contributed by atoms with Crippen LogP contribution in [0.5, 0.6) is 0 Å². The SMILES string of the molecule is O=C(Cl)c1ccc(S(F)(F)(F)(F)F)cc1F. The Morgan fingerprint density at radius 2 is 1.62 bits per heavy atom. The number of hydrogen-bond acceptors (Lipinski definition) is 1. The molecule has 0 N–H and O–H groups in total. The van der Waals surface area contributed by atoms with Gasteiger partial charge in [-0.3, -0.25) is 4.79 Å². The van der Waals surface area contributed by atoms with Gasteiger partial charge in [-0.2, -0.15) is 0 Å². The van der Waals surface area contributed by atoms with Crippen LogP contribution < -0.4 is 0 Å². The molecule has 1 aromatic rings. The fourth-order valence-electron chi connectivity index (χ4n) is 0.895. The Morgan fingerprint density at radius 1 is 1.12 bits per heavy atom. The highest BCUT2D eigenvalue weighted by Gasteiger charge is 2.65. The first kappa shape index (κ1) is 13.2.